The third-order valence-corrected chi connectivity index (χ3v) is 6.19. The lowest BCUT2D eigenvalue weighted by atomic mass is 10.1. The number of anilines is 1. The Morgan fingerprint density at radius 2 is 1.77 bits per heavy atom. The molecule has 7 nitrogen and oxygen atoms in total. The van der Waals surface area contributed by atoms with E-state index in [4.69, 9.17) is 11.6 Å². The summed E-state index contributed by atoms with van der Waals surface area (Å²) in [6, 6.07) is 9.97. The van der Waals surface area contributed by atoms with Crippen LogP contribution >= 0.6 is 11.6 Å². The van der Waals surface area contributed by atoms with Crippen LogP contribution in [0.3, 0.4) is 0 Å². The maximum absolute atomic E-state index is 13.5. The van der Waals surface area contributed by atoms with Crippen LogP contribution in [0.15, 0.2) is 42.5 Å². The van der Waals surface area contributed by atoms with Gasteiger partial charge in [-0.25, -0.2) is 12.8 Å². The van der Waals surface area contributed by atoms with Gasteiger partial charge in [-0.1, -0.05) is 41.4 Å². The first-order chi connectivity index (χ1) is 14.4. The van der Waals surface area contributed by atoms with Gasteiger partial charge in [0.1, 0.15) is 18.4 Å². The number of nitrogens with zero attached hydrogens (tertiary/aromatic N) is 2. The number of hydrogen-bond donors (Lipinski definition) is 1. The Morgan fingerprint density at radius 3 is 2.29 bits per heavy atom. The standard InChI is InChI=1S/C21H25ClFN3O4S/c1-14-5-7-16(8-6-14)12-25(15(2)21(28)24-3)20(27)13-26(31(4,29)30)17-9-10-19(23)18(22)11-17/h5-11,15H,12-13H2,1-4H3,(H,24,28)/t15-/m1/s1. The van der Waals surface area contributed by atoms with Crippen LogP contribution < -0.4 is 9.62 Å². The van der Waals surface area contributed by atoms with Gasteiger partial charge in [0.25, 0.3) is 0 Å². The fraction of sp³-hybridized carbons (Fsp3) is 0.333. The maximum Gasteiger partial charge on any atom is 0.244 e. The summed E-state index contributed by atoms with van der Waals surface area (Å²) >= 11 is 5.79. The minimum atomic E-state index is -3.90. The van der Waals surface area contributed by atoms with E-state index >= 15 is 0 Å². The van der Waals surface area contributed by atoms with Crippen LogP contribution in [-0.4, -0.2) is 51.0 Å². The summed E-state index contributed by atoms with van der Waals surface area (Å²) in [5.74, 6) is -1.70. The van der Waals surface area contributed by atoms with E-state index in [0.29, 0.717) is 0 Å². The number of carbonyl (C=O) groups excluding carboxylic acids is 2. The average molecular weight is 470 g/mol. The van der Waals surface area contributed by atoms with Gasteiger partial charge in [0.2, 0.25) is 21.8 Å². The highest BCUT2D eigenvalue weighted by atomic mass is 35.5. The Labute approximate surface area is 186 Å². The molecular weight excluding hydrogens is 445 g/mol. The fourth-order valence-electron chi connectivity index (χ4n) is 2.94. The van der Waals surface area contributed by atoms with Crippen LogP contribution in [0.1, 0.15) is 18.1 Å². The van der Waals surface area contributed by atoms with Crippen molar-refractivity contribution < 1.29 is 22.4 Å². The van der Waals surface area contributed by atoms with Gasteiger partial charge in [-0.05, 0) is 37.6 Å². The van der Waals surface area contributed by atoms with Crippen molar-refractivity contribution in [2.45, 2.75) is 26.4 Å². The molecule has 0 bridgehead atoms. The van der Waals surface area contributed by atoms with E-state index in [9.17, 15) is 22.4 Å². The molecule has 168 valence electrons. The molecular formula is C21H25ClFN3O4S. The van der Waals surface area contributed by atoms with Crippen molar-refractivity contribution in [3.63, 3.8) is 0 Å². The summed E-state index contributed by atoms with van der Waals surface area (Å²) in [6.07, 6.45) is 0.935. The maximum atomic E-state index is 13.5. The van der Waals surface area contributed by atoms with Crippen LogP contribution in [0.2, 0.25) is 5.02 Å². The molecule has 0 aliphatic carbocycles. The number of aryl methyl sites for hydroxylation is 1. The Balaban J connectivity index is 2.39. The molecule has 0 saturated heterocycles. The summed E-state index contributed by atoms with van der Waals surface area (Å²) in [5.41, 5.74) is 1.87. The van der Waals surface area contributed by atoms with Gasteiger partial charge in [-0.3, -0.25) is 13.9 Å². The molecule has 1 atom stereocenters. The average Bonchev–Trinajstić information content (AvgIpc) is 2.71. The molecule has 0 unspecified atom stereocenters. The molecule has 0 radical (unpaired) electrons. The van der Waals surface area contributed by atoms with Crippen LogP contribution in [0.25, 0.3) is 0 Å². The van der Waals surface area contributed by atoms with Gasteiger partial charge in [0.05, 0.1) is 17.0 Å². The topological polar surface area (TPSA) is 86.8 Å². The Kier molecular flexibility index (Phi) is 8.02. The number of rotatable bonds is 8. The number of hydrogen-bond acceptors (Lipinski definition) is 4. The first kappa shape index (κ1) is 24.6. The summed E-state index contributed by atoms with van der Waals surface area (Å²) in [7, 11) is -2.45. The van der Waals surface area contributed by atoms with Gasteiger partial charge in [0.15, 0.2) is 0 Å². The molecule has 0 fully saturated rings. The van der Waals surface area contributed by atoms with E-state index in [2.05, 4.69) is 5.32 Å². The van der Waals surface area contributed by atoms with E-state index in [1.165, 1.54) is 18.0 Å². The highest BCUT2D eigenvalue weighted by Gasteiger charge is 2.29. The van der Waals surface area contributed by atoms with Crippen molar-refractivity contribution in [3.8, 4) is 0 Å². The van der Waals surface area contributed by atoms with Gasteiger partial charge < -0.3 is 10.2 Å². The van der Waals surface area contributed by atoms with Crippen molar-refractivity contribution in [2.75, 3.05) is 24.2 Å². The van der Waals surface area contributed by atoms with Crippen LogP contribution in [0, 0.1) is 12.7 Å². The number of benzene rings is 2. The van der Waals surface area contributed by atoms with Crippen molar-refractivity contribution in [1.29, 1.82) is 0 Å². The van der Waals surface area contributed by atoms with E-state index in [0.717, 1.165) is 33.8 Å². The summed E-state index contributed by atoms with van der Waals surface area (Å²) in [5, 5.41) is 2.23. The monoisotopic (exact) mass is 469 g/mol. The lowest BCUT2D eigenvalue weighted by molar-refractivity contribution is -0.139. The first-order valence-corrected chi connectivity index (χ1v) is 11.7. The Morgan fingerprint density at radius 1 is 1.16 bits per heavy atom. The van der Waals surface area contributed by atoms with Crippen LogP contribution in [0.5, 0.6) is 0 Å². The van der Waals surface area contributed by atoms with Crippen molar-refractivity contribution in [2.24, 2.45) is 0 Å². The number of halogens is 2. The molecule has 0 aliphatic heterocycles. The van der Waals surface area contributed by atoms with E-state index < -0.39 is 40.2 Å². The molecule has 0 aromatic heterocycles. The van der Waals surface area contributed by atoms with Gasteiger partial charge in [-0.15, -0.1) is 0 Å². The Hall–Kier alpha value is -2.65. The SMILES string of the molecule is CNC(=O)[C@@H](C)N(Cc1ccc(C)cc1)C(=O)CN(c1ccc(F)c(Cl)c1)S(C)(=O)=O. The number of nitrogens with one attached hydrogen (secondary N) is 1. The third kappa shape index (κ3) is 6.41. The minimum Gasteiger partial charge on any atom is -0.357 e. The zero-order valence-electron chi connectivity index (χ0n) is 17.7. The smallest absolute Gasteiger partial charge is 0.244 e. The Bertz CT molecular complexity index is 1060. The fourth-order valence-corrected chi connectivity index (χ4v) is 3.95. The normalized spacial score (nSPS) is 12.2. The predicted octanol–water partition coefficient (Wildman–Crippen LogP) is 2.72. The first-order valence-electron chi connectivity index (χ1n) is 9.43. The molecule has 0 saturated carbocycles. The van der Waals surface area contributed by atoms with E-state index in [1.807, 2.05) is 31.2 Å². The molecule has 31 heavy (non-hydrogen) atoms. The number of amides is 2. The zero-order valence-corrected chi connectivity index (χ0v) is 19.3. The van der Waals surface area contributed by atoms with Gasteiger partial charge in [-0.2, -0.15) is 0 Å². The molecule has 0 heterocycles. The quantitative estimate of drug-likeness (QED) is 0.644. The molecule has 2 amide bonds. The minimum absolute atomic E-state index is 0.0464. The van der Waals surface area contributed by atoms with Gasteiger partial charge >= 0.3 is 0 Å². The summed E-state index contributed by atoms with van der Waals surface area (Å²) < 4.78 is 39.1. The lowest BCUT2D eigenvalue weighted by Gasteiger charge is -2.31. The molecule has 0 aliphatic rings. The summed E-state index contributed by atoms with van der Waals surface area (Å²) in [6.45, 7) is 3.02. The van der Waals surface area contributed by atoms with E-state index in [1.54, 1.807) is 6.92 Å². The van der Waals surface area contributed by atoms with Crippen LogP contribution in [-0.2, 0) is 26.2 Å². The predicted molar refractivity (Wildman–Crippen MR) is 119 cm³/mol. The zero-order chi connectivity index (χ0) is 23.3. The highest BCUT2D eigenvalue weighted by molar-refractivity contribution is 7.92. The van der Waals surface area contributed by atoms with Crippen molar-refractivity contribution in [1.82, 2.24) is 10.2 Å². The van der Waals surface area contributed by atoms with E-state index in [-0.39, 0.29) is 17.3 Å². The third-order valence-electron chi connectivity index (χ3n) is 4.76. The second-order valence-corrected chi connectivity index (χ2v) is 9.48. The molecule has 2 aromatic rings. The van der Waals surface area contributed by atoms with Crippen molar-refractivity contribution >= 4 is 39.1 Å². The number of carbonyl (C=O) groups is 2. The molecule has 10 heteroatoms. The second kappa shape index (κ2) is 10.1. The largest absolute Gasteiger partial charge is 0.357 e. The molecule has 0 spiro atoms. The number of likely N-dealkylation sites (N-methyl/N-ethyl adjacent to an activating group) is 1. The van der Waals surface area contributed by atoms with Gasteiger partial charge in [0, 0.05) is 13.6 Å². The molecule has 1 N–H and O–H groups in total. The van der Waals surface area contributed by atoms with Crippen LogP contribution in [0.4, 0.5) is 10.1 Å². The highest BCUT2D eigenvalue weighted by Crippen LogP contribution is 2.25. The number of sulfonamides is 1. The van der Waals surface area contributed by atoms with Crippen molar-refractivity contribution in [3.05, 3.63) is 64.4 Å². The summed E-state index contributed by atoms with van der Waals surface area (Å²) in [4.78, 5) is 26.7. The molecule has 2 rings (SSSR count). The lowest BCUT2D eigenvalue weighted by Crippen LogP contribution is -2.50. The molecule has 2 aromatic carbocycles. The second-order valence-electron chi connectivity index (χ2n) is 7.17.